The zero-order valence-electron chi connectivity index (χ0n) is 20.3. The normalized spacial score (nSPS) is 35.0. The van der Waals surface area contributed by atoms with Gasteiger partial charge in [0.05, 0.1) is 30.1 Å². The van der Waals surface area contributed by atoms with E-state index in [4.69, 9.17) is 4.74 Å². The summed E-state index contributed by atoms with van der Waals surface area (Å²) in [5.74, 6) is -2.01. The number of rotatable bonds is 11. The van der Waals surface area contributed by atoms with E-state index in [9.17, 15) is 19.5 Å². The fraction of sp³-hybridized carbons (Fsp3) is 0.875. The van der Waals surface area contributed by atoms with Crippen LogP contribution in [0.1, 0.15) is 72.6 Å². The highest BCUT2D eigenvalue weighted by atomic mass is 16.5. The summed E-state index contributed by atoms with van der Waals surface area (Å²) in [6.45, 7) is 8.39. The molecular weight excluding hydrogens is 410 g/mol. The Labute approximate surface area is 191 Å². The maximum Gasteiger partial charge on any atom is 0.245 e. The van der Waals surface area contributed by atoms with Crippen LogP contribution >= 0.6 is 0 Å². The van der Waals surface area contributed by atoms with Gasteiger partial charge in [-0.05, 0) is 31.6 Å². The minimum absolute atomic E-state index is 0.00496. The molecular formula is C24H41N3O5. The van der Waals surface area contributed by atoms with Gasteiger partial charge in [0, 0.05) is 13.6 Å². The summed E-state index contributed by atoms with van der Waals surface area (Å²) >= 11 is 0. The van der Waals surface area contributed by atoms with E-state index in [0.717, 1.165) is 25.7 Å². The second-order valence-corrected chi connectivity index (χ2v) is 9.83. The quantitative estimate of drug-likeness (QED) is 0.414. The summed E-state index contributed by atoms with van der Waals surface area (Å²) < 4.78 is 6.66. The summed E-state index contributed by atoms with van der Waals surface area (Å²) in [4.78, 5) is 42.1. The van der Waals surface area contributed by atoms with Crippen LogP contribution in [-0.4, -0.2) is 71.2 Å². The number of hydrogen-bond donors (Lipinski definition) is 3. The highest BCUT2D eigenvalue weighted by Gasteiger charge is 2.79. The monoisotopic (exact) mass is 451 g/mol. The third-order valence-electron chi connectivity index (χ3n) is 8.32. The standard InChI is InChI=1S/C24H41N3O5/c1-6-9-10-13-26-21(30)19-24-12-11-23(8-3,32-24)17(20(29)25-5)18(24)22(31)27(19)16(14-28)15(4)7-2/h15-19,28H,6-14H2,1-5H3,(H,25,29)(H,26,30)/t15-,16-,17-,18-,19?,23+,24?/m0/s1. The Balaban J connectivity index is 2.05. The van der Waals surface area contributed by atoms with E-state index in [1.807, 2.05) is 20.8 Å². The predicted octanol–water partition coefficient (Wildman–Crippen LogP) is 1.60. The first-order valence-corrected chi connectivity index (χ1v) is 12.4. The van der Waals surface area contributed by atoms with Gasteiger partial charge in [-0.25, -0.2) is 0 Å². The molecule has 0 radical (unpaired) electrons. The van der Waals surface area contributed by atoms with E-state index >= 15 is 0 Å². The topological polar surface area (TPSA) is 108 Å². The number of aliphatic hydroxyl groups is 1. The molecule has 3 aliphatic heterocycles. The zero-order chi connectivity index (χ0) is 23.7. The van der Waals surface area contributed by atoms with Gasteiger partial charge in [-0.3, -0.25) is 14.4 Å². The fourth-order valence-electron chi connectivity index (χ4n) is 6.36. The molecule has 0 saturated carbocycles. The lowest BCUT2D eigenvalue weighted by atomic mass is 9.65. The Kier molecular flexibility index (Phi) is 7.55. The van der Waals surface area contributed by atoms with Gasteiger partial charge in [-0.15, -0.1) is 0 Å². The van der Waals surface area contributed by atoms with E-state index in [2.05, 4.69) is 17.6 Å². The molecule has 2 unspecified atom stereocenters. The molecule has 3 amide bonds. The molecule has 2 bridgehead atoms. The summed E-state index contributed by atoms with van der Waals surface area (Å²) in [5, 5.41) is 16.0. The van der Waals surface area contributed by atoms with Gasteiger partial charge in [0.25, 0.3) is 0 Å². The summed E-state index contributed by atoms with van der Waals surface area (Å²) in [7, 11) is 1.58. The minimum atomic E-state index is -1.03. The van der Waals surface area contributed by atoms with Crippen molar-refractivity contribution in [3.63, 3.8) is 0 Å². The van der Waals surface area contributed by atoms with Crippen LogP contribution in [0.5, 0.6) is 0 Å². The minimum Gasteiger partial charge on any atom is -0.394 e. The first kappa shape index (κ1) is 25.0. The van der Waals surface area contributed by atoms with E-state index in [-0.39, 0.29) is 30.2 Å². The Morgan fingerprint density at radius 3 is 2.50 bits per heavy atom. The molecule has 3 aliphatic rings. The van der Waals surface area contributed by atoms with Gasteiger partial charge in [-0.1, -0.05) is 47.0 Å². The largest absolute Gasteiger partial charge is 0.394 e. The maximum atomic E-state index is 13.9. The van der Waals surface area contributed by atoms with Crippen LogP contribution < -0.4 is 10.6 Å². The summed E-state index contributed by atoms with van der Waals surface area (Å²) in [5.41, 5.74) is -1.75. The number of fused-ring (bicyclic) bond motifs is 1. The average Bonchev–Trinajstić information content (AvgIpc) is 3.40. The molecule has 182 valence electrons. The van der Waals surface area contributed by atoms with Crippen LogP contribution in [0.25, 0.3) is 0 Å². The average molecular weight is 452 g/mol. The molecule has 0 aromatic rings. The number of aliphatic hydroxyl groups excluding tert-OH is 1. The van der Waals surface area contributed by atoms with Gasteiger partial charge in [0.2, 0.25) is 17.7 Å². The molecule has 3 fully saturated rings. The number of amides is 3. The molecule has 0 aromatic heterocycles. The number of nitrogens with one attached hydrogen (secondary N) is 2. The zero-order valence-corrected chi connectivity index (χ0v) is 20.3. The highest BCUT2D eigenvalue weighted by Crippen LogP contribution is 2.64. The first-order chi connectivity index (χ1) is 15.3. The molecule has 3 saturated heterocycles. The van der Waals surface area contributed by atoms with Crippen molar-refractivity contribution in [2.24, 2.45) is 17.8 Å². The number of nitrogens with zero attached hydrogens (tertiary/aromatic N) is 1. The number of ether oxygens (including phenoxy) is 1. The van der Waals surface area contributed by atoms with Crippen LogP contribution in [0.15, 0.2) is 0 Å². The van der Waals surface area contributed by atoms with Crippen LogP contribution in [0.4, 0.5) is 0 Å². The van der Waals surface area contributed by atoms with Crippen molar-refractivity contribution in [3.05, 3.63) is 0 Å². The number of unbranched alkanes of at least 4 members (excludes halogenated alkanes) is 2. The number of hydrogen-bond acceptors (Lipinski definition) is 5. The smallest absolute Gasteiger partial charge is 0.245 e. The van der Waals surface area contributed by atoms with E-state index in [0.29, 0.717) is 25.8 Å². The predicted molar refractivity (Wildman–Crippen MR) is 121 cm³/mol. The lowest BCUT2D eigenvalue weighted by molar-refractivity contribution is -0.152. The van der Waals surface area contributed by atoms with Crippen LogP contribution in [-0.2, 0) is 19.1 Å². The molecule has 0 aromatic carbocycles. The molecule has 8 heteroatoms. The molecule has 3 rings (SSSR count). The van der Waals surface area contributed by atoms with Crippen molar-refractivity contribution >= 4 is 17.7 Å². The fourth-order valence-corrected chi connectivity index (χ4v) is 6.36. The molecule has 32 heavy (non-hydrogen) atoms. The Morgan fingerprint density at radius 2 is 1.94 bits per heavy atom. The van der Waals surface area contributed by atoms with Gasteiger partial charge < -0.3 is 25.4 Å². The molecule has 7 atom stereocenters. The van der Waals surface area contributed by atoms with E-state index < -0.39 is 35.1 Å². The number of carbonyl (C=O) groups excluding carboxylic acids is 3. The second-order valence-electron chi connectivity index (χ2n) is 9.83. The third-order valence-corrected chi connectivity index (χ3v) is 8.32. The Morgan fingerprint density at radius 1 is 1.22 bits per heavy atom. The highest BCUT2D eigenvalue weighted by molar-refractivity contribution is 5.99. The number of carbonyl (C=O) groups is 3. The van der Waals surface area contributed by atoms with Crippen LogP contribution in [0.2, 0.25) is 0 Å². The van der Waals surface area contributed by atoms with Gasteiger partial charge in [0.1, 0.15) is 11.6 Å². The molecule has 3 heterocycles. The third kappa shape index (κ3) is 3.63. The molecule has 3 N–H and O–H groups in total. The van der Waals surface area contributed by atoms with E-state index in [1.165, 1.54) is 0 Å². The summed E-state index contributed by atoms with van der Waals surface area (Å²) in [6, 6.07) is -1.33. The van der Waals surface area contributed by atoms with Crippen LogP contribution in [0.3, 0.4) is 0 Å². The van der Waals surface area contributed by atoms with Crippen molar-refractivity contribution in [1.29, 1.82) is 0 Å². The van der Waals surface area contributed by atoms with E-state index in [1.54, 1.807) is 11.9 Å². The molecule has 0 aliphatic carbocycles. The van der Waals surface area contributed by atoms with Crippen molar-refractivity contribution in [1.82, 2.24) is 15.5 Å². The first-order valence-electron chi connectivity index (χ1n) is 12.4. The molecule has 1 spiro atoms. The number of likely N-dealkylation sites (tertiary alicyclic amines) is 1. The second kappa shape index (κ2) is 9.67. The SMILES string of the molecule is CCCCCNC(=O)C1N([C@@H](CO)[C@@H](C)CC)C(=O)[C@@H]2[C@@H](C(=O)NC)[C@@]3(CC)CCC12O3. The Hall–Kier alpha value is -1.67. The van der Waals surface area contributed by atoms with Crippen LogP contribution in [0, 0.1) is 17.8 Å². The van der Waals surface area contributed by atoms with Gasteiger partial charge in [-0.2, -0.15) is 0 Å². The van der Waals surface area contributed by atoms with Crippen molar-refractivity contribution in [3.8, 4) is 0 Å². The lowest BCUT2D eigenvalue weighted by Crippen LogP contribution is -2.59. The lowest BCUT2D eigenvalue weighted by Gasteiger charge is -2.39. The van der Waals surface area contributed by atoms with Crippen molar-refractivity contribution in [2.45, 2.75) is 95.9 Å². The van der Waals surface area contributed by atoms with Gasteiger partial charge >= 0.3 is 0 Å². The summed E-state index contributed by atoms with van der Waals surface area (Å²) in [6.07, 6.45) is 5.51. The maximum absolute atomic E-state index is 13.9. The van der Waals surface area contributed by atoms with Crippen molar-refractivity contribution in [2.75, 3.05) is 20.2 Å². The van der Waals surface area contributed by atoms with Gasteiger partial charge in [0.15, 0.2) is 0 Å². The molecule has 8 nitrogen and oxygen atoms in total. The van der Waals surface area contributed by atoms with Crippen molar-refractivity contribution < 1.29 is 24.2 Å². The Bertz CT molecular complexity index is 730.